The van der Waals surface area contributed by atoms with Crippen LogP contribution in [0.1, 0.15) is 20.7 Å². The number of ether oxygens (including phenoxy) is 2. The van der Waals surface area contributed by atoms with Gasteiger partial charge in [-0.2, -0.15) is 4.31 Å². The number of hydrogen-bond acceptors (Lipinski definition) is 6. The van der Waals surface area contributed by atoms with Crippen LogP contribution in [0, 0.1) is 0 Å². The summed E-state index contributed by atoms with van der Waals surface area (Å²) < 4.78 is 37.6. The third kappa shape index (κ3) is 4.61. The predicted molar refractivity (Wildman–Crippen MR) is 110 cm³/mol. The van der Waals surface area contributed by atoms with E-state index in [0.717, 1.165) is 0 Å². The lowest BCUT2D eigenvalue weighted by Crippen LogP contribution is -2.40. The van der Waals surface area contributed by atoms with Crippen LogP contribution in [0.2, 0.25) is 0 Å². The highest BCUT2D eigenvalue weighted by Gasteiger charge is 2.28. The maximum Gasteiger partial charge on any atom is 0.259 e. The fourth-order valence-corrected chi connectivity index (χ4v) is 4.44. The largest absolute Gasteiger partial charge is 0.496 e. The molecule has 0 spiro atoms. The molecule has 0 bridgehead atoms. The highest BCUT2D eigenvalue weighted by Crippen LogP contribution is 2.26. The summed E-state index contributed by atoms with van der Waals surface area (Å²) in [6.07, 6.45) is 0. The molecule has 2 N–H and O–H groups in total. The van der Waals surface area contributed by atoms with Crippen molar-refractivity contribution in [2.75, 3.05) is 45.8 Å². The molecule has 2 amide bonds. The summed E-state index contributed by atoms with van der Waals surface area (Å²) in [6.45, 7) is 1.17. The molecule has 1 aliphatic heterocycles. The van der Waals surface area contributed by atoms with Gasteiger partial charge < -0.3 is 20.1 Å². The number of nitrogens with one attached hydrogen (secondary N) is 2. The van der Waals surface area contributed by atoms with Crippen molar-refractivity contribution < 1.29 is 27.5 Å². The van der Waals surface area contributed by atoms with Gasteiger partial charge in [-0.05, 0) is 42.5 Å². The minimum Gasteiger partial charge on any atom is -0.496 e. The number of sulfonamides is 1. The number of benzene rings is 2. The number of hydrogen-bond donors (Lipinski definition) is 2. The molecule has 1 saturated heterocycles. The van der Waals surface area contributed by atoms with Gasteiger partial charge >= 0.3 is 0 Å². The van der Waals surface area contributed by atoms with E-state index in [1.807, 2.05) is 0 Å². The van der Waals surface area contributed by atoms with Gasteiger partial charge in [-0.25, -0.2) is 8.42 Å². The lowest BCUT2D eigenvalue weighted by molar-refractivity contribution is 0.0730. The number of carbonyl (C=O) groups is 2. The Morgan fingerprint density at radius 1 is 1.03 bits per heavy atom. The minimum atomic E-state index is -3.76. The summed E-state index contributed by atoms with van der Waals surface area (Å²) in [5, 5.41) is 5.21. The molecule has 9 nitrogen and oxygen atoms in total. The van der Waals surface area contributed by atoms with Crippen LogP contribution in [0.15, 0.2) is 47.4 Å². The quantitative estimate of drug-likeness (QED) is 0.710. The first-order chi connectivity index (χ1) is 14.4. The van der Waals surface area contributed by atoms with Crippen molar-refractivity contribution in [2.24, 2.45) is 0 Å². The maximum atomic E-state index is 12.9. The molecule has 2 aromatic rings. The Morgan fingerprint density at radius 3 is 2.30 bits per heavy atom. The molecule has 0 unspecified atom stereocenters. The van der Waals surface area contributed by atoms with E-state index >= 15 is 0 Å². The van der Waals surface area contributed by atoms with Crippen LogP contribution in [0.3, 0.4) is 0 Å². The first kappa shape index (κ1) is 21.8. The van der Waals surface area contributed by atoms with Gasteiger partial charge in [-0.15, -0.1) is 0 Å². The smallest absolute Gasteiger partial charge is 0.259 e. The van der Waals surface area contributed by atoms with Crippen LogP contribution in [-0.4, -0.2) is 65.0 Å². The van der Waals surface area contributed by atoms with Crippen molar-refractivity contribution in [2.45, 2.75) is 4.90 Å². The van der Waals surface area contributed by atoms with E-state index < -0.39 is 15.9 Å². The molecule has 0 aromatic heterocycles. The second kappa shape index (κ2) is 9.24. The highest BCUT2D eigenvalue weighted by molar-refractivity contribution is 7.89. The van der Waals surface area contributed by atoms with E-state index in [-0.39, 0.29) is 35.2 Å². The standard InChI is InChI=1S/C20H23N3O6S/c1-21-19(24)14-3-5-15(6-4-14)22-20(25)17-13-16(7-8-18(17)28-2)30(26,27)23-9-11-29-12-10-23/h3-8,13H,9-12H2,1-2H3,(H,21,24)(H,22,25). The van der Waals surface area contributed by atoms with Crippen molar-refractivity contribution in [1.82, 2.24) is 9.62 Å². The Balaban J connectivity index is 1.86. The third-order valence-electron chi connectivity index (χ3n) is 4.66. The fraction of sp³-hybridized carbons (Fsp3) is 0.300. The van der Waals surface area contributed by atoms with Crippen LogP contribution in [0.25, 0.3) is 0 Å². The summed E-state index contributed by atoms with van der Waals surface area (Å²) in [5.74, 6) is -0.524. The lowest BCUT2D eigenvalue weighted by Gasteiger charge is -2.26. The maximum absolute atomic E-state index is 12.9. The zero-order valence-electron chi connectivity index (χ0n) is 16.7. The average molecular weight is 433 g/mol. The Kier molecular flexibility index (Phi) is 6.70. The van der Waals surface area contributed by atoms with Crippen molar-refractivity contribution in [1.29, 1.82) is 0 Å². The Morgan fingerprint density at radius 2 is 1.70 bits per heavy atom. The summed E-state index contributed by atoms with van der Waals surface area (Å²) in [7, 11) is -0.827. The molecule has 1 heterocycles. The van der Waals surface area contributed by atoms with Crippen LogP contribution in [0.5, 0.6) is 5.75 Å². The van der Waals surface area contributed by atoms with Gasteiger partial charge in [0, 0.05) is 31.4 Å². The number of anilines is 1. The van der Waals surface area contributed by atoms with Crippen LogP contribution < -0.4 is 15.4 Å². The topological polar surface area (TPSA) is 114 Å². The average Bonchev–Trinajstić information content (AvgIpc) is 2.79. The molecule has 1 fully saturated rings. The molecule has 10 heteroatoms. The normalized spacial score (nSPS) is 14.7. The molecule has 160 valence electrons. The summed E-state index contributed by atoms with van der Waals surface area (Å²) in [5.41, 5.74) is 0.991. The Labute approximate surface area is 175 Å². The van der Waals surface area contributed by atoms with E-state index in [9.17, 15) is 18.0 Å². The van der Waals surface area contributed by atoms with Crippen LogP contribution in [0.4, 0.5) is 5.69 Å². The van der Waals surface area contributed by atoms with E-state index in [4.69, 9.17) is 9.47 Å². The van der Waals surface area contributed by atoms with E-state index in [2.05, 4.69) is 10.6 Å². The SMILES string of the molecule is CNC(=O)c1ccc(NC(=O)c2cc(S(=O)(=O)N3CCOCC3)ccc2OC)cc1. The number of carbonyl (C=O) groups excluding carboxylic acids is 2. The molecule has 30 heavy (non-hydrogen) atoms. The fourth-order valence-electron chi connectivity index (χ4n) is 3.01. The van der Waals surface area contributed by atoms with Gasteiger partial charge in [0.2, 0.25) is 10.0 Å². The summed E-state index contributed by atoms with van der Waals surface area (Å²) >= 11 is 0. The zero-order chi connectivity index (χ0) is 21.7. The number of morpholine rings is 1. The van der Waals surface area contributed by atoms with E-state index in [1.54, 1.807) is 24.3 Å². The molecule has 3 rings (SSSR count). The number of rotatable bonds is 6. The van der Waals surface area contributed by atoms with Gasteiger partial charge in [0.05, 0.1) is 30.8 Å². The van der Waals surface area contributed by atoms with Gasteiger partial charge in [-0.1, -0.05) is 0 Å². The predicted octanol–water partition coefficient (Wildman–Crippen LogP) is 1.33. The number of amides is 2. The molecule has 2 aromatic carbocycles. The first-order valence-electron chi connectivity index (χ1n) is 9.26. The Bertz CT molecular complexity index is 1030. The van der Waals surface area contributed by atoms with Crippen molar-refractivity contribution >= 4 is 27.5 Å². The monoisotopic (exact) mass is 433 g/mol. The molecule has 0 atom stereocenters. The summed E-state index contributed by atoms with van der Waals surface area (Å²) in [4.78, 5) is 24.5. The van der Waals surface area contributed by atoms with Crippen molar-refractivity contribution in [3.8, 4) is 5.75 Å². The lowest BCUT2D eigenvalue weighted by atomic mass is 10.1. The molecular weight excluding hydrogens is 410 g/mol. The van der Waals surface area contributed by atoms with Crippen LogP contribution >= 0.6 is 0 Å². The van der Waals surface area contributed by atoms with E-state index in [0.29, 0.717) is 24.5 Å². The highest BCUT2D eigenvalue weighted by atomic mass is 32.2. The van der Waals surface area contributed by atoms with Crippen LogP contribution in [-0.2, 0) is 14.8 Å². The summed E-state index contributed by atoms with van der Waals surface area (Å²) in [6, 6.07) is 10.5. The second-order valence-electron chi connectivity index (χ2n) is 6.49. The van der Waals surface area contributed by atoms with Gasteiger partial charge in [0.1, 0.15) is 5.75 Å². The number of nitrogens with zero attached hydrogens (tertiary/aromatic N) is 1. The van der Waals surface area contributed by atoms with E-state index in [1.165, 1.54) is 36.7 Å². The molecule has 0 radical (unpaired) electrons. The van der Waals surface area contributed by atoms with Gasteiger partial charge in [-0.3, -0.25) is 9.59 Å². The Hall–Kier alpha value is -2.95. The first-order valence-corrected chi connectivity index (χ1v) is 10.7. The third-order valence-corrected chi connectivity index (χ3v) is 6.55. The van der Waals surface area contributed by atoms with Crippen molar-refractivity contribution in [3.05, 3.63) is 53.6 Å². The van der Waals surface area contributed by atoms with Gasteiger partial charge in [0.25, 0.3) is 11.8 Å². The molecule has 0 saturated carbocycles. The van der Waals surface area contributed by atoms with Crippen molar-refractivity contribution in [3.63, 3.8) is 0 Å². The number of methoxy groups -OCH3 is 1. The molecule has 1 aliphatic rings. The molecular formula is C20H23N3O6S. The second-order valence-corrected chi connectivity index (χ2v) is 8.43. The molecule has 0 aliphatic carbocycles. The van der Waals surface area contributed by atoms with Gasteiger partial charge in [0.15, 0.2) is 0 Å². The minimum absolute atomic E-state index is 0.00492. The zero-order valence-corrected chi connectivity index (χ0v) is 17.5.